The van der Waals surface area contributed by atoms with Gasteiger partial charge in [0.1, 0.15) is 12.2 Å². The third kappa shape index (κ3) is 2.32. The third-order valence-corrected chi connectivity index (χ3v) is 3.39. The van der Waals surface area contributed by atoms with Crippen LogP contribution in [0.25, 0.3) is 0 Å². The van der Waals surface area contributed by atoms with Gasteiger partial charge in [0.15, 0.2) is 5.75 Å². The van der Waals surface area contributed by atoms with E-state index in [1.54, 1.807) is 12.1 Å². The molecule has 0 bridgehead atoms. The SMILES string of the molecule is O=C(O)c1cccc2c1OCCN2Cc1ccccc1. The number of benzene rings is 2. The number of para-hydroxylation sites is 1. The Bertz CT molecular complexity index is 625. The Labute approximate surface area is 117 Å². The highest BCUT2D eigenvalue weighted by Crippen LogP contribution is 2.35. The smallest absolute Gasteiger partial charge is 0.339 e. The van der Waals surface area contributed by atoms with Gasteiger partial charge < -0.3 is 14.7 Å². The summed E-state index contributed by atoms with van der Waals surface area (Å²) in [4.78, 5) is 13.4. The van der Waals surface area contributed by atoms with Crippen molar-refractivity contribution in [3.8, 4) is 5.75 Å². The number of hydrogen-bond donors (Lipinski definition) is 1. The molecule has 3 rings (SSSR count). The molecule has 1 aliphatic heterocycles. The highest BCUT2D eigenvalue weighted by atomic mass is 16.5. The van der Waals surface area contributed by atoms with E-state index in [-0.39, 0.29) is 5.56 Å². The molecule has 0 aliphatic carbocycles. The topological polar surface area (TPSA) is 49.8 Å². The van der Waals surface area contributed by atoms with Crippen molar-refractivity contribution >= 4 is 11.7 Å². The average Bonchev–Trinajstić information content (AvgIpc) is 2.48. The van der Waals surface area contributed by atoms with Gasteiger partial charge in [-0.05, 0) is 17.7 Å². The Morgan fingerprint density at radius 2 is 1.95 bits per heavy atom. The zero-order valence-electron chi connectivity index (χ0n) is 11.0. The van der Waals surface area contributed by atoms with Gasteiger partial charge >= 0.3 is 5.97 Å². The number of carboxylic acids is 1. The molecular weight excluding hydrogens is 254 g/mol. The molecule has 0 saturated carbocycles. The normalized spacial score (nSPS) is 13.5. The zero-order valence-corrected chi connectivity index (χ0v) is 11.0. The molecule has 20 heavy (non-hydrogen) atoms. The molecular formula is C16H15NO3. The lowest BCUT2D eigenvalue weighted by Gasteiger charge is -2.32. The second kappa shape index (κ2) is 5.25. The highest BCUT2D eigenvalue weighted by molar-refractivity contribution is 5.93. The van der Waals surface area contributed by atoms with Crippen molar-refractivity contribution in [3.05, 3.63) is 59.7 Å². The molecule has 0 radical (unpaired) electrons. The number of hydrogen-bond acceptors (Lipinski definition) is 3. The van der Waals surface area contributed by atoms with Crippen molar-refractivity contribution in [1.82, 2.24) is 0 Å². The summed E-state index contributed by atoms with van der Waals surface area (Å²) < 4.78 is 5.56. The van der Waals surface area contributed by atoms with Crippen LogP contribution in [-0.4, -0.2) is 24.2 Å². The van der Waals surface area contributed by atoms with Crippen molar-refractivity contribution in [2.24, 2.45) is 0 Å². The number of carboxylic acid groups (broad SMARTS) is 1. The van der Waals surface area contributed by atoms with E-state index in [1.807, 2.05) is 24.3 Å². The van der Waals surface area contributed by atoms with Crippen molar-refractivity contribution in [2.45, 2.75) is 6.54 Å². The standard InChI is InChI=1S/C16H15NO3/c18-16(19)13-7-4-8-14-15(13)20-10-9-17(14)11-12-5-2-1-3-6-12/h1-8H,9-11H2,(H,18,19). The fourth-order valence-corrected chi connectivity index (χ4v) is 2.44. The summed E-state index contributed by atoms with van der Waals surface area (Å²) in [5.74, 6) is -0.481. The number of carbonyl (C=O) groups is 1. The van der Waals surface area contributed by atoms with Gasteiger partial charge in [-0.1, -0.05) is 36.4 Å². The van der Waals surface area contributed by atoms with E-state index in [9.17, 15) is 9.90 Å². The van der Waals surface area contributed by atoms with Crippen LogP contribution in [0, 0.1) is 0 Å². The predicted molar refractivity (Wildman–Crippen MR) is 76.4 cm³/mol. The molecule has 1 N–H and O–H groups in total. The first-order chi connectivity index (χ1) is 9.75. The molecule has 4 heteroatoms. The maximum absolute atomic E-state index is 11.2. The van der Waals surface area contributed by atoms with Crippen LogP contribution in [0.4, 0.5) is 5.69 Å². The summed E-state index contributed by atoms with van der Waals surface area (Å²) in [7, 11) is 0. The van der Waals surface area contributed by atoms with E-state index >= 15 is 0 Å². The predicted octanol–water partition coefficient (Wildman–Crippen LogP) is 2.78. The van der Waals surface area contributed by atoms with Crippen LogP contribution in [0.2, 0.25) is 0 Å². The van der Waals surface area contributed by atoms with Gasteiger partial charge in [0.2, 0.25) is 0 Å². The van der Waals surface area contributed by atoms with Crippen LogP contribution in [0.5, 0.6) is 5.75 Å². The summed E-state index contributed by atoms with van der Waals surface area (Å²) in [6.45, 7) is 2.01. The zero-order chi connectivity index (χ0) is 13.9. The van der Waals surface area contributed by atoms with E-state index in [2.05, 4.69) is 17.0 Å². The Hall–Kier alpha value is -2.49. The molecule has 1 aliphatic rings. The maximum Gasteiger partial charge on any atom is 0.339 e. The van der Waals surface area contributed by atoms with Gasteiger partial charge in [0.05, 0.1) is 12.2 Å². The van der Waals surface area contributed by atoms with Crippen LogP contribution in [-0.2, 0) is 6.54 Å². The average molecular weight is 269 g/mol. The molecule has 0 amide bonds. The number of aromatic carboxylic acids is 1. The summed E-state index contributed by atoms with van der Waals surface area (Å²) in [5, 5.41) is 9.22. The summed E-state index contributed by atoms with van der Waals surface area (Å²) >= 11 is 0. The van der Waals surface area contributed by atoms with Crippen LogP contribution in [0.1, 0.15) is 15.9 Å². The maximum atomic E-state index is 11.2. The van der Waals surface area contributed by atoms with E-state index in [0.29, 0.717) is 12.4 Å². The molecule has 0 aromatic heterocycles. The minimum Gasteiger partial charge on any atom is -0.489 e. The highest BCUT2D eigenvalue weighted by Gasteiger charge is 2.23. The van der Waals surface area contributed by atoms with Crippen LogP contribution in [0.15, 0.2) is 48.5 Å². The Kier molecular flexibility index (Phi) is 3.29. The van der Waals surface area contributed by atoms with Crippen molar-refractivity contribution < 1.29 is 14.6 Å². The number of anilines is 1. The lowest BCUT2D eigenvalue weighted by atomic mass is 10.1. The number of nitrogens with zero attached hydrogens (tertiary/aromatic N) is 1. The molecule has 0 unspecified atom stereocenters. The van der Waals surface area contributed by atoms with E-state index in [1.165, 1.54) is 5.56 Å². The number of ether oxygens (including phenoxy) is 1. The Morgan fingerprint density at radius 1 is 1.15 bits per heavy atom. The van der Waals surface area contributed by atoms with E-state index in [0.717, 1.165) is 18.8 Å². The summed E-state index contributed by atoms with van der Waals surface area (Å²) in [6, 6.07) is 15.4. The Morgan fingerprint density at radius 3 is 2.70 bits per heavy atom. The van der Waals surface area contributed by atoms with Gasteiger partial charge in [-0.25, -0.2) is 4.79 Å². The second-order valence-corrected chi connectivity index (χ2v) is 4.71. The second-order valence-electron chi connectivity index (χ2n) is 4.71. The molecule has 0 saturated heterocycles. The number of fused-ring (bicyclic) bond motifs is 1. The van der Waals surface area contributed by atoms with Crippen molar-refractivity contribution in [2.75, 3.05) is 18.1 Å². The van der Waals surface area contributed by atoms with Crippen molar-refractivity contribution in [3.63, 3.8) is 0 Å². The van der Waals surface area contributed by atoms with Gasteiger partial charge in [-0.2, -0.15) is 0 Å². The van der Waals surface area contributed by atoms with E-state index < -0.39 is 5.97 Å². The number of rotatable bonds is 3. The molecule has 0 atom stereocenters. The molecule has 102 valence electrons. The van der Waals surface area contributed by atoms with E-state index in [4.69, 9.17) is 4.74 Å². The van der Waals surface area contributed by atoms with Gasteiger partial charge in [-0.15, -0.1) is 0 Å². The summed E-state index contributed by atoms with van der Waals surface area (Å²) in [6.07, 6.45) is 0. The Balaban J connectivity index is 1.94. The molecule has 2 aromatic carbocycles. The first kappa shape index (κ1) is 12.5. The first-order valence-corrected chi connectivity index (χ1v) is 6.53. The lowest BCUT2D eigenvalue weighted by molar-refractivity contribution is 0.0692. The molecule has 2 aromatic rings. The van der Waals surface area contributed by atoms with Crippen LogP contribution in [0.3, 0.4) is 0 Å². The third-order valence-electron chi connectivity index (χ3n) is 3.39. The van der Waals surface area contributed by atoms with Gasteiger partial charge in [0.25, 0.3) is 0 Å². The molecule has 1 heterocycles. The fourth-order valence-electron chi connectivity index (χ4n) is 2.44. The quantitative estimate of drug-likeness (QED) is 0.930. The fraction of sp³-hybridized carbons (Fsp3) is 0.188. The van der Waals surface area contributed by atoms with Crippen LogP contribution < -0.4 is 9.64 Å². The molecule has 0 spiro atoms. The van der Waals surface area contributed by atoms with Crippen LogP contribution >= 0.6 is 0 Å². The molecule has 4 nitrogen and oxygen atoms in total. The first-order valence-electron chi connectivity index (χ1n) is 6.53. The minimum atomic E-state index is -0.955. The largest absolute Gasteiger partial charge is 0.489 e. The molecule has 0 fully saturated rings. The minimum absolute atomic E-state index is 0.222. The van der Waals surface area contributed by atoms with Gasteiger partial charge in [0, 0.05) is 6.54 Å². The lowest BCUT2D eigenvalue weighted by Crippen LogP contribution is -2.32. The monoisotopic (exact) mass is 269 g/mol. The van der Waals surface area contributed by atoms with Gasteiger partial charge in [-0.3, -0.25) is 0 Å². The summed E-state index contributed by atoms with van der Waals surface area (Å²) in [5.41, 5.74) is 2.27. The van der Waals surface area contributed by atoms with Crippen molar-refractivity contribution in [1.29, 1.82) is 0 Å².